The minimum atomic E-state index is 0.454. The number of para-hydroxylation sites is 1. The van der Waals surface area contributed by atoms with Crippen molar-refractivity contribution in [3.8, 4) is 5.88 Å². The summed E-state index contributed by atoms with van der Waals surface area (Å²) in [7, 11) is 0. The maximum absolute atomic E-state index is 5.68. The topological polar surface area (TPSA) is 47.3 Å². The van der Waals surface area contributed by atoms with Crippen LogP contribution in [0.4, 0.5) is 0 Å². The number of rotatable bonds is 3. The number of hydrogen-bond donors (Lipinski definition) is 1. The molecule has 1 aliphatic rings. The fraction of sp³-hybridized carbons (Fsp3) is 0.417. The molecule has 1 saturated heterocycles. The molecule has 4 heteroatoms. The highest BCUT2D eigenvalue weighted by atomic mass is 16.5. The summed E-state index contributed by atoms with van der Waals surface area (Å²) in [6.45, 7) is 1.75. The molecule has 3 rings (SSSR count). The van der Waals surface area contributed by atoms with E-state index >= 15 is 0 Å². The third-order valence-electron chi connectivity index (χ3n) is 2.93. The van der Waals surface area contributed by atoms with E-state index in [0.29, 0.717) is 18.5 Å². The summed E-state index contributed by atoms with van der Waals surface area (Å²) in [6.07, 6.45) is 2.41. The van der Waals surface area contributed by atoms with Crippen LogP contribution in [-0.2, 0) is 0 Å². The molecular weight excluding hydrogens is 204 g/mol. The van der Waals surface area contributed by atoms with Crippen molar-refractivity contribution in [1.29, 1.82) is 0 Å². The van der Waals surface area contributed by atoms with Crippen LogP contribution in [-0.4, -0.2) is 24.4 Å². The summed E-state index contributed by atoms with van der Waals surface area (Å²) in [6, 6.07) is 8.19. The van der Waals surface area contributed by atoms with E-state index < -0.39 is 0 Å². The van der Waals surface area contributed by atoms with Gasteiger partial charge < -0.3 is 14.6 Å². The molecule has 1 unspecified atom stereocenters. The quantitative estimate of drug-likeness (QED) is 0.855. The van der Waals surface area contributed by atoms with Crippen LogP contribution in [0.3, 0.4) is 0 Å². The zero-order chi connectivity index (χ0) is 10.8. The first-order chi connectivity index (χ1) is 7.93. The number of nitrogens with zero attached hydrogens (tertiary/aromatic N) is 1. The van der Waals surface area contributed by atoms with Crippen molar-refractivity contribution < 1.29 is 9.26 Å². The molecule has 0 amide bonds. The second-order valence-electron chi connectivity index (χ2n) is 4.09. The average Bonchev–Trinajstić information content (AvgIpc) is 2.96. The molecule has 2 heterocycles. The predicted molar refractivity (Wildman–Crippen MR) is 60.5 cm³/mol. The third kappa shape index (κ3) is 1.76. The van der Waals surface area contributed by atoms with Gasteiger partial charge in [-0.05, 0) is 36.7 Å². The minimum absolute atomic E-state index is 0.454. The summed E-state index contributed by atoms with van der Waals surface area (Å²) in [5, 5.41) is 8.26. The van der Waals surface area contributed by atoms with Crippen LogP contribution in [0.25, 0.3) is 11.0 Å². The Bertz CT molecular complexity index is 475. The Morgan fingerprint density at radius 2 is 2.38 bits per heavy atom. The predicted octanol–water partition coefficient (Wildman–Crippen LogP) is 1.96. The Balaban J connectivity index is 1.73. The number of hydrogen-bond acceptors (Lipinski definition) is 4. The smallest absolute Gasteiger partial charge is 0.262 e. The largest absolute Gasteiger partial charge is 0.473 e. The van der Waals surface area contributed by atoms with Gasteiger partial charge in [-0.25, -0.2) is 0 Å². The van der Waals surface area contributed by atoms with E-state index in [9.17, 15) is 0 Å². The summed E-state index contributed by atoms with van der Waals surface area (Å²) in [4.78, 5) is 0. The van der Waals surface area contributed by atoms with Crippen LogP contribution in [0, 0.1) is 0 Å². The van der Waals surface area contributed by atoms with Crippen molar-refractivity contribution in [3.05, 3.63) is 24.3 Å². The van der Waals surface area contributed by atoms with Gasteiger partial charge in [-0.1, -0.05) is 12.1 Å². The summed E-state index contributed by atoms with van der Waals surface area (Å²) >= 11 is 0. The van der Waals surface area contributed by atoms with Crippen LogP contribution in [0.5, 0.6) is 5.88 Å². The van der Waals surface area contributed by atoms with E-state index in [2.05, 4.69) is 10.5 Å². The zero-order valence-corrected chi connectivity index (χ0v) is 8.98. The summed E-state index contributed by atoms with van der Waals surface area (Å²) < 4.78 is 10.8. The van der Waals surface area contributed by atoms with E-state index in [4.69, 9.17) is 9.26 Å². The molecule has 2 aromatic rings. The van der Waals surface area contributed by atoms with Crippen molar-refractivity contribution in [2.75, 3.05) is 13.2 Å². The van der Waals surface area contributed by atoms with Gasteiger partial charge in [0.2, 0.25) is 0 Å². The number of fused-ring (bicyclic) bond motifs is 1. The Morgan fingerprint density at radius 1 is 1.44 bits per heavy atom. The third-order valence-corrected chi connectivity index (χ3v) is 2.93. The fourth-order valence-corrected chi connectivity index (χ4v) is 2.05. The van der Waals surface area contributed by atoms with E-state index in [1.54, 1.807) is 0 Å². The van der Waals surface area contributed by atoms with Crippen molar-refractivity contribution in [3.63, 3.8) is 0 Å². The van der Waals surface area contributed by atoms with Crippen LogP contribution in [0.2, 0.25) is 0 Å². The molecule has 0 aliphatic carbocycles. The first-order valence-corrected chi connectivity index (χ1v) is 5.64. The van der Waals surface area contributed by atoms with Gasteiger partial charge in [0.1, 0.15) is 6.61 Å². The highest BCUT2D eigenvalue weighted by Crippen LogP contribution is 2.24. The lowest BCUT2D eigenvalue weighted by Crippen LogP contribution is -2.28. The molecule has 1 aliphatic heterocycles. The van der Waals surface area contributed by atoms with Gasteiger partial charge in [0.25, 0.3) is 5.88 Å². The minimum Gasteiger partial charge on any atom is -0.473 e. The zero-order valence-electron chi connectivity index (χ0n) is 8.98. The number of benzene rings is 1. The van der Waals surface area contributed by atoms with E-state index in [-0.39, 0.29) is 0 Å². The SMILES string of the molecule is c1ccc2c(OCC3CCCN3)noc2c1. The molecule has 0 saturated carbocycles. The normalized spacial score (nSPS) is 20.4. The molecule has 16 heavy (non-hydrogen) atoms. The van der Waals surface area contributed by atoms with Gasteiger partial charge in [0.15, 0.2) is 5.58 Å². The van der Waals surface area contributed by atoms with Crippen molar-refractivity contribution in [1.82, 2.24) is 10.5 Å². The maximum atomic E-state index is 5.68. The molecule has 1 atom stereocenters. The number of nitrogens with one attached hydrogen (secondary N) is 1. The second-order valence-corrected chi connectivity index (χ2v) is 4.09. The Hall–Kier alpha value is -1.55. The van der Waals surface area contributed by atoms with Crippen molar-refractivity contribution in [2.45, 2.75) is 18.9 Å². The van der Waals surface area contributed by atoms with Crippen LogP contribution in [0.15, 0.2) is 28.8 Å². The van der Waals surface area contributed by atoms with E-state index in [1.807, 2.05) is 24.3 Å². The fourth-order valence-electron chi connectivity index (χ4n) is 2.05. The van der Waals surface area contributed by atoms with Gasteiger partial charge in [-0.2, -0.15) is 0 Å². The van der Waals surface area contributed by atoms with Crippen LogP contribution < -0.4 is 10.1 Å². The first kappa shape index (κ1) is 9.66. The molecule has 0 bridgehead atoms. The molecule has 0 spiro atoms. The lowest BCUT2D eigenvalue weighted by molar-refractivity contribution is 0.254. The molecule has 1 aromatic heterocycles. The highest BCUT2D eigenvalue weighted by molar-refractivity contribution is 5.81. The Labute approximate surface area is 93.6 Å². The monoisotopic (exact) mass is 218 g/mol. The summed E-state index contributed by atoms with van der Waals surface area (Å²) in [5.74, 6) is 0.601. The molecule has 84 valence electrons. The highest BCUT2D eigenvalue weighted by Gasteiger charge is 2.16. The molecular formula is C12H14N2O2. The average molecular weight is 218 g/mol. The second kappa shape index (κ2) is 4.14. The van der Waals surface area contributed by atoms with Gasteiger partial charge in [0, 0.05) is 6.04 Å². The number of ether oxygens (including phenoxy) is 1. The summed E-state index contributed by atoms with van der Waals surface area (Å²) in [5.41, 5.74) is 0.775. The molecule has 0 radical (unpaired) electrons. The molecule has 1 aromatic carbocycles. The van der Waals surface area contributed by atoms with Gasteiger partial charge in [-0.3, -0.25) is 0 Å². The van der Waals surface area contributed by atoms with Gasteiger partial charge >= 0.3 is 0 Å². The first-order valence-electron chi connectivity index (χ1n) is 5.64. The van der Waals surface area contributed by atoms with Crippen molar-refractivity contribution >= 4 is 11.0 Å². The van der Waals surface area contributed by atoms with E-state index in [0.717, 1.165) is 17.5 Å². The van der Waals surface area contributed by atoms with E-state index in [1.165, 1.54) is 12.8 Å². The molecule has 1 N–H and O–H groups in total. The van der Waals surface area contributed by atoms with Crippen molar-refractivity contribution in [2.24, 2.45) is 0 Å². The van der Waals surface area contributed by atoms with Crippen LogP contribution in [0.1, 0.15) is 12.8 Å². The lowest BCUT2D eigenvalue weighted by atomic mass is 10.2. The molecule has 1 fully saturated rings. The van der Waals surface area contributed by atoms with Gasteiger partial charge in [-0.15, -0.1) is 0 Å². The molecule has 4 nitrogen and oxygen atoms in total. The Kier molecular flexibility index (Phi) is 2.50. The van der Waals surface area contributed by atoms with Crippen LogP contribution >= 0.6 is 0 Å². The Morgan fingerprint density at radius 3 is 3.25 bits per heavy atom. The lowest BCUT2D eigenvalue weighted by Gasteiger charge is -2.09. The number of aromatic nitrogens is 1. The maximum Gasteiger partial charge on any atom is 0.262 e. The van der Waals surface area contributed by atoms with Gasteiger partial charge in [0.05, 0.1) is 5.39 Å². The standard InChI is InChI=1S/C12H14N2O2/c1-2-6-11-10(5-1)12(14-16-11)15-8-9-4-3-7-13-9/h1-2,5-6,9,13H,3-4,7-8H2.